The van der Waals surface area contributed by atoms with Crippen LogP contribution < -0.4 is 5.32 Å². The van der Waals surface area contributed by atoms with Crippen molar-refractivity contribution >= 4 is 6.41 Å². The highest BCUT2D eigenvalue weighted by Gasteiger charge is 2.37. The van der Waals surface area contributed by atoms with E-state index in [2.05, 4.69) is 24.4 Å². The Balaban J connectivity index is 1.71. The van der Waals surface area contributed by atoms with Crippen molar-refractivity contribution in [3.8, 4) is 0 Å². The van der Waals surface area contributed by atoms with Gasteiger partial charge in [0.15, 0.2) is 0 Å². The molecule has 1 amide bonds. The molecule has 20 heavy (non-hydrogen) atoms. The fourth-order valence-electron chi connectivity index (χ4n) is 3.23. The van der Waals surface area contributed by atoms with Gasteiger partial charge in [-0.15, -0.1) is 0 Å². The minimum atomic E-state index is 0.120. The van der Waals surface area contributed by atoms with E-state index in [0.717, 1.165) is 39.0 Å². The predicted octanol–water partition coefficient (Wildman–Crippen LogP) is 1.73. The first kappa shape index (κ1) is 13.6. The smallest absolute Gasteiger partial charge is 0.210 e. The zero-order valence-electron chi connectivity index (χ0n) is 11.9. The van der Waals surface area contributed by atoms with Crippen LogP contribution >= 0.6 is 0 Å². The molecule has 2 heterocycles. The maximum Gasteiger partial charge on any atom is 0.210 e. The van der Waals surface area contributed by atoms with Gasteiger partial charge in [-0.2, -0.15) is 0 Å². The number of hydrogen-bond donors (Lipinski definition) is 1. The lowest BCUT2D eigenvalue weighted by Gasteiger charge is -2.45. The minimum Gasteiger partial charge on any atom is -0.377 e. The quantitative estimate of drug-likeness (QED) is 0.850. The number of likely N-dealkylation sites (tertiary alicyclic amines) is 1. The molecule has 4 nitrogen and oxygen atoms in total. The molecule has 1 aromatic rings. The van der Waals surface area contributed by atoms with Crippen LogP contribution in [0, 0.1) is 0 Å². The summed E-state index contributed by atoms with van der Waals surface area (Å²) in [7, 11) is 0. The Kier molecular flexibility index (Phi) is 3.76. The number of rotatable bonds is 4. The van der Waals surface area contributed by atoms with Gasteiger partial charge >= 0.3 is 0 Å². The number of nitrogens with zero attached hydrogens (tertiary/aromatic N) is 1. The Labute approximate surface area is 120 Å². The molecule has 0 aromatic heterocycles. The Morgan fingerprint density at radius 2 is 2.10 bits per heavy atom. The van der Waals surface area contributed by atoms with Gasteiger partial charge in [0.25, 0.3) is 0 Å². The molecular weight excluding hydrogens is 252 g/mol. The normalized spacial score (nSPS) is 28.8. The first-order chi connectivity index (χ1) is 9.70. The van der Waals surface area contributed by atoms with Crippen LogP contribution in [0.3, 0.4) is 0 Å². The van der Waals surface area contributed by atoms with E-state index >= 15 is 0 Å². The molecule has 2 aliphatic heterocycles. The van der Waals surface area contributed by atoms with Crippen molar-refractivity contribution in [1.29, 1.82) is 0 Å². The molecule has 1 N–H and O–H groups in total. The lowest BCUT2D eigenvalue weighted by Crippen LogP contribution is -2.62. The van der Waals surface area contributed by atoms with Crippen molar-refractivity contribution in [2.75, 3.05) is 19.8 Å². The van der Waals surface area contributed by atoms with Crippen LogP contribution in [-0.4, -0.2) is 42.6 Å². The second kappa shape index (κ2) is 5.54. The van der Waals surface area contributed by atoms with Gasteiger partial charge in [0.2, 0.25) is 6.41 Å². The Hall–Kier alpha value is -1.39. The van der Waals surface area contributed by atoms with Crippen molar-refractivity contribution in [3.05, 3.63) is 35.9 Å². The van der Waals surface area contributed by atoms with Crippen LogP contribution in [-0.2, 0) is 9.53 Å². The number of carbonyl (C=O) groups excluding carboxylic acids is 1. The molecule has 0 radical (unpaired) electrons. The highest BCUT2D eigenvalue weighted by atomic mass is 16.5. The summed E-state index contributed by atoms with van der Waals surface area (Å²) in [6, 6.07) is 10.9. The third-order valence-corrected chi connectivity index (χ3v) is 4.36. The maximum atomic E-state index is 11.3. The van der Waals surface area contributed by atoms with Gasteiger partial charge in [-0.3, -0.25) is 4.79 Å². The third kappa shape index (κ3) is 2.72. The van der Waals surface area contributed by atoms with Crippen molar-refractivity contribution in [2.45, 2.75) is 37.4 Å². The molecule has 2 atom stereocenters. The van der Waals surface area contributed by atoms with Crippen LogP contribution in [0.15, 0.2) is 30.3 Å². The molecule has 108 valence electrons. The predicted molar refractivity (Wildman–Crippen MR) is 77.3 cm³/mol. The second-order valence-electron chi connectivity index (χ2n) is 6.19. The Morgan fingerprint density at radius 1 is 1.35 bits per heavy atom. The zero-order valence-corrected chi connectivity index (χ0v) is 11.9. The fourth-order valence-corrected chi connectivity index (χ4v) is 3.23. The van der Waals surface area contributed by atoms with Crippen molar-refractivity contribution in [3.63, 3.8) is 0 Å². The highest BCUT2D eigenvalue weighted by Crippen LogP contribution is 2.31. The topological polar surface area (TPSA) is 41.6 Å². The number of nitrogens with one attached hydrogen (secondary N) is 1. The SMILES string of the molecule is CC1(NC2CCN(C=O)C(c3ccccc3)C2)COC1. The summed E-state index contributed by atoms with van der Waals surface area (Å²) < 4.78 is 5.30. The van der Waals surface area contributed by atoms with Crippen LogP contribution in [0.2, 0.25) is 0 Å². The summed E-state index contributed by atoms with van der Waals surface area (Å²) in [6.07, 6.45) is 2.97. The van der Waals surface area contributed by atoms with E-state index in [9.17, 15) is 4.79 Å². The standard InChI is InChI=1S/C16H22N2O2/c1-16(10-20-11-16)17-14-7-8-18(12-19)15(9-14)13-5-3-2-4-6-13/h2-6,12,14-15,17H,7-11H2,1H3. The molecule has 0 aliphatic carbocycles. The molecule has 2 saturated heterocycles. The molecule has 3 rings (SSSR count). The number of benzene rings is 1. The van der Waals surface area contributed by atoms with Gasteiger partial charge in [-0.25, -0.2) is 0 Å². The zero-order chi connectivity index (χ0) is 14.0. The molecule has 2 aliphatic rings. The van der Waals surface area contributed by atoms with Crippen LogP contribution in [0.4, 0.5) is 0 Å². The van der Waals surface area contributed by atoms with E-state index in [1.54, 1.807) is 0 Å². The average Bonchev–Trinajstić information content (AvgIpc) is 2.46. The molecular formula is C16H22N2O2. The number of amides is 1. The van der Waals surface area contributed by atoms with Gasteiger partial charge in [0.05, 0.1) is 24.8 Å². The summed E-state index contributed by atoms with van der Waals surface area (Å²) in [5.41, 5.74) is 1.34. The highest BCUT2D eigenvalue weighted by molar-refractivity contribution is 5.49. The number of ether oxygens (including phenoxy) is 1. The first-order valence-corrected chi connectivity index (χ1v) is 7.32. The van der Waals surface area contributed by atoms with E-state index in [4.69, 9.17) is 4.74 Å². The van der Waals surface area contributed by atoms with Gasteiger partial charge in [-0.05, 0) is 25.3 Å². The van der Waals surface area contributed by atoms with Crippen LogP contribution in [0.25, 0.3) is 0 Å². The number of hydrogen-bond acceptors (Lipinski definition) is 3. The molecule has 0 spiro atoms. The summed E-state index contributed by atoms with van der Waals surface area (Å²) >= 11 is 0. The fraction of sp³-hybridized carbons (Fsp3) is 0.562. The Morgan fingerprint density at radius 3 is 2.70 bits per heavy atom. The monoisotopic (exact) mass is 274 g/mol. The molecule has 2 unspecified atom stereocenters. The van der Waals surface area contributed by atoms with Gasteiger partial charge in [-0.1, -0.05) is 30.3 Å². The van der Waals surface area contributed by atoms with Gasteiger partial charge in [0, 0.05) is 12.6 Å². The van der Waals surface area contributed by atoms with Crippen LogP contribution in [0.1, 0.15) is 31.4 Å². The average molecular weight is 274 g/mol. The van der Waals surface area contributed by atoms with Crippen LogP contribution in [0.5, 0.6) is 0 Å². The molecule has 2 fully saturated rings. The van der Waals surface area contributed by atoms with E-state index in [1.807, 2.05) is 23.1 Å². The lowest BCUT2D eigenvalue weighted by molar-refractivity contribution is -0.122. The van der Waals surface area contributed by atoms with Crippen molar-refractivity contribution in [2.24, 2.45) is 0 Å². The lowest BCUT2D eigenvalue weighted by atomic mass is 9.89. The Bertz CT molecular complexity index is 459. The van der Waals surface area contributed by atoms with E-state index in [-0.39, 0.29) is 11.6 Å². The largest absolute Gasteiger partial charge is 0.377 e. The molecule has 0 bridgehead atoms. The first-order valence-electron chi connectivity index (χ1n) is 7.32. The molecule has 0 saturated carbocycles. The van der Waals surface area contributed by atoms with Gasteiger partial charge in [0.1, 0.15) is 0 Å². The molecule has 4 heteroatoms. The summed E-state index contributed by atoms with van der Waals surface area (Å²) in [5.74, 6) is 0. The minimum absolute atomic E-state index is 0.120. The van der Waals surface area contributed by atoms with E-state index in [0.29, 0.717) is 6.04 Å². The number of carbonyl (C=O) groups is 1. The summed E-state index contributed by atoms with van der Waals surface area (Å²) in [4.78, 5) is 13.2. The van der Waals surface area contributed by atoms with E-state index in [1.165, 1.54) is 5.56 Å². The van der Waals surface area contributed by atoms with Gasteiger partial charge < -0.3 is 15.0 Å². The summed E-state index contributed by atoms with van der Waals surface area (Å²) in [6.45, 7) is 4.60. The second-order valence-corrected chi connectivity index (χ2v) is 6.19. The molecule has 1 aromatic carbocycles. The number of piperidine rings is 1. The summed E-state index contributed by atoms with van der Waals surface area (Å²) in [5, 5.41) is 3.71. The van der Waals surface area contributed by atoms with Crippen molar-refractivity contribution in [1.82, 2.24) is 10.2 Å². The third-order valence-electron chi connectivity index (χ3n) is 4.36. The van der Waals surface area contributed by atoms with E-state index < -0.39 is 0 Å². The maximum absolute atomic E-state index is 11.3. The van der Waals surface area contributed by atoms with Crippen molar-refractivity contribution < 1.29 is 9.53 Å².